The van der Waals surface area contributed by atoms with Gasteiger partial charge in [0.1, 0.15) is 0 Å². The van der Waals surface area contributed by atoms with Crippen molar-refractivity contribution in [1.29, 1.82) is 0 Å². The molecule has 0 bridgehead atoms. The number of hydrogen-bond donors (Lipinski definition) is 0. The van der Waals surface area contributed by atoms with Crippen LogP contribution < -0.4 is 4.90 Å². The smallest absolute Gasteiger partial charge is 0.241 e. The SMILES string of the molecule is CCN(CCCN1C(=O)C2C=CC=CC2=NC1=S)c1ccccc1. The number of carbonyl (C=O) groups excluding carboxylic acids is 1. The van der Waals surface area contributed by atoms with E-state index in [1.54, 1.807) is 4.90 Å². The van der Waals surface area contributed by atoms with Gasteiger partial charge in [-0.2, -0.15) is 0 Å². The zero-order valence-electron chi connectivity index (χ0n) is 13.8. The third-order valence-electron chi connectivity index (χ3n) is 4.30. The maximum atomic E-state index is 12.6. The molecule has 0 saturated heterocycles. The van der Waals surface area contributed by atoms with E-state index in [9.17, 15) is 4.79 Å². The summed E-state index contributed by atoms with van der Waals surface area (Å²) in [6, 6.07) is 10.3. The highest BCUT2D eigenvalue weighted by Crippen LogP contribution is 2.20. The van der Waals surface area contributed by atoms with Crippen molar-refractivity contribution < 1.29 is 4.79 Å². The average Bonchev–Trinajstić information content (AvgIpc) is 2.62. The molecule has 3 rings (SSSR count). The second-order valence-corrected chi connectivity index (χ2v) is 6.16. The number of fused-ring (bicyclic) bond motifs is 1. The van der Waals surface area contributed by atoms with Gasteiger partial charge in [-0.3, -0.25) is 9.69 Å². The Labute approximate surface area is 148 Å². The van der Waals surface area contributed by atoms with E-state index >= 15 is 0 Å². The molecule has 2 aliphatic rings. The molecule has 1 aromatic carbocycles. The summed E-state index contributed by atoms with van der Waals surface area (Å²) in [5, 5.41) is 0.383. The summed E-state index contributed by atoms with van der Waals surface area (Å²) in [7, 11) is 0. The van der Waals surface area contributed by atoms with Gasteiger partial charge < -0.3 is 4.90 Å². The van der Waals surface area contributed by atoms with Crippen molar-refractivity contribution in [2.45, 2.75) is 13.3 Å². The first kappa shape index (κ1) is 16.6. The Hall–Kier alpha value is -2.27. The van der Waals surface area contributed by atoms with E-state index in [-0.39, 0.29) is 11.8 Å². The molecule has 5 heteroatoms. The van der Waals surface area contributed by atoms with Crippen LogP contribution in [0.25, 0.3) is 0 Å². The Morgan fingerprint density at radius 2 is 2.04 bits per heavy atom. The lowest BCUT2D eigenvalue weighted by molar-refractivity contribution is -0.128. The lowest BCUT2D eigenvalue weighted by Gasteiger charge is -2.31. The number of allylic oxidation sites excluding steroid dienone is 3. The van der Waals surface area contributed by atoms with Gasteiger partial charge in [0.2, 0.25) is 11.0 Å². The molecule has 24 heavy (non-hydrogen) atoms. The Bertz CT molecular complexity index is 709. The van der Waals surface area contributed by atoms with Crippen LogP contribution in [-0.2, 0) is 4.79 Å². The number of hydrogen-bond acceptors (Lipinski definition) is 3. The number of carbonyl (C=O) groups is 1. The van der Waals surface area contributed by atoms with Crippen LogP contribution in [0.15, 0.2) is 59.6 Å². The first-order valence-electron chi connectivity index (χ1n) is 8.29. The minimum Gasteiger partial charge on any atom is -0.372 e. The van der Waals surface area contributed by atoms with E-state index in [2.05, 4.69) is 28.9 Å². The lowest BCUT2D eigenvalue weighted by Crippen LogP contribution is -2.46. The summed E-state index contributed by atoms with van der Waals surface area (Å²) in [5.41, 5.74) is 1.96. The Morgan fingerprint density at radius 3 is 2.79 bits per heavy atom. The normalized spacial score (nSPS) is 19.3. The fourth-order valence-electron chi connectivity index (χ4n) is 3.01. The molecule has 4 nitrogen and oxygen atoms in total. The molecular formula is C19H21N3OS. The largest absolute Gasteiger partial charge is 0.372 e. The number of thiocarbonyl (C=S) groups is 1. The third kappa shape index (κ3) is 3.46. The highest BCUT2D eigenvalue weighted by atomic mass is 32.1. The van der Waals surface area contributed by atoms with E-state index in [4.69, 9.17) is 12.2 Å². The lowest BCUT2D eigenvalue weighted by atomic mass is 9.95. The molecule has 0 spiro atoms. The summed E-state index contributed by atoms with van der Waals surface area (Å²) in [6.07, 6.45) is 8.38. The van der Waals surface area contributed by atoms with Gasteiger partial charge >= 0.3 is 0 Å². The first-order chi connectivity index (χ1) is 11.7. The Kier molecular flexibility index (Phi) is 5.20. The van der Waals surface area contributed by atoms with Gasteiger partial charge in [0, 0.05) is 25.3 Å². The van der Waals surface area contributed by atoms with Crippen LogP contribution in [0.1, 0.15) is 13.3 Å². The van der Waals surface area contributed by atoms with Crippen molar-refractivity contribution in [2.75, 3.05) is 24.5 Å². The van der Waals surface area contributed by atoms with E-state index in [0.717, 1.165) is 25.2 Å². The van der Waals surface area contributed by atoms with Crippen molar-refractivity contribution in [3.8, 4) is 0 Å². The average molecular weight is 339 g/mol. The van der Waals surface area contributed by atoms with Crippen molar-refractivity contribution in [3.05, 3.63) is 54.6 Å². The quantitative estimate of drug-likeness (QED) is 0.747. The Balaban J connectivity index is 1.61. The number of para-hydroxylation sites is 1. The molecule has 1 unspecified atom stereocenters. The minimum absolute atomic E-state index is 0.0355. The zero-order chi connectivity index (χ0) is 16.9. The van der Waals surface area contributed by atoms with Gasteiger partial charge in [-0.25, -0.2) is 4.99 Å². The molecule has 1 aliphatic heterocycles. The number of amides is 1. The molecular weight excluding hydrogens is 318 g/mol. The number of nitrogens with zero attached hydrogens (tertiary/aromatic N) is 3. The topological polar surface area (TPSA) is 35.9 Å². The molecule has 1 atom stereocenters. The maximum absolute atomic E-state index is 12.6. The van der Waals surface area contributed by atoms with Crippen LogP contribution in [-0.4, -0.2) is 41.3 Å². The molecule has 0 N–H and O–H groups in total. The molecule has 0 fully saturated rings. The number of anilines is 1. The van der Waals surface area contributed by atoms with Gasteiger partial charge in [-0.15, -0.1) is 0 Å². The standard InChI is InChI=1S/C19H21N3OS/c1-2-21(15-9-4-3-5-10-15)13-8-14-22-18(23)16-11-6-7-12-17(16)20-19(22)24/h3-7,9-12,16H,2,8,13-14H2,1H3. The summed E-state index contributed by atoms with van der Waals surface area (Å²) < 4.78 is 0. The first-order valence-corrected chi connectivity index (χ1v) is 8.70. The molecule has 1 heterocycles. The van der Waals surface area contributed by atoms with Crippen LogP contribution in [0.3, 0.4) is 0 Å². The third-order valence-corrected chi connectivity index (χ3v) is 4.61. The van der Waals surface area contributed by atoms with Crippen molar-refractivity contribution in [2.24, 2.45) is 10.9 Å². The molecule has 0 saturated carbocycles. The Morgan fingerprint density at radius 1 is 1.25 bits per heavy atom. The van der Waals surface area contributed by atoms with Gasteiger partial charge in [-0.05, 0) is 43.8 Å². The van der Waals surface area contributed by atoms with E-state index < -0.39 is 0 Å². The molecule has 1 aromatic rings. The monoisotopic (exact) mass is 339 g/mol. The predicted octanol–water partition coefficient (Wildman–Crippen LogP) is 3.21. The summed E-state index contributed by atoms with van der Waals surface area (Å²) in [6.45, 7) is 4.55. The van der Waals surface area contributed by atoms with Gasteiger partial charge in [-0.1, -0.05) is 36.4 Å². The van der Waals surface area contributed by atoms with Crippen molar-refractivity contribution in [3.63, 3.8) is 0 Å². The van der Waals surface area contributed by atoms with Crippen LogP contribution in [0, 0.1) is 5.92 Å². The fraction of sp³-hybridized carbons (Fsp3) is 0.316. The van der Waals surface area contributed by atoms with Crippen LogP contribution in [0.5, 0.6) is 0 Å². The van der Waals surface area contributed by atoms with Crippen molar-refractivity contribution >= 4 is 34.6 Å². The molecule has 1 aliphatic carbocycles. The second kappa shape index (κ2) is 7.53. The minimum atomic E-state index is -0.280. The number of benzene rings is 1. The van der Waals surface area contributed by atoms with Gasteiger partial charge in [0.25, 0.3) is 0 Å². The summed E-state index contributed by atoms with van der Waals surface area (Å²) >= 11 is 5.32. The predicted molar refractivity (Wildman–Crippen MR) is 102 cm³/mol. The van der Waals surface area contributed by atoms with E-state index in [1.165, 1.54) is 5.69 Å². The zero-order valence-corrected chi connectivity index (χ0v) is 14.6. The van der Waals surface area contributed by atoms with Gasteiger partial charge in [0.15, 0.2) is 0 Å². The number of rotatable bonds is 6. The summed E-state index contributed by atoms with van der Waals surface area (Å²) in [4.78, 5) is 21.0. The van der Waals surface area contributed by atoms with E-state index in [1.807, 2.05) is 42.5 Å². The van der Waals surface area contributed by atoms with Crippen LogP contribution in [0.4, 0.5) is 5.69 Å². The highest BCUT2D eigenvalue weighted by molar-refractivity contribution is 7.80. The number of aliphatic imine (C=N–C) groups is 1. The molecule has 0 radical (unpaired) electrons. The van der Waals surface area contributed by atoms with Crippen molar-refractivity contribution in [1.82, 2.24) is 4.90 Å². The molecule has 0 aromatic heterocycles. The van der Waals surface area contributed by atoms with Gasteiger partial charge in [0.05, 0.1) is 11.6 Å². The second-order valence-electron chi connectivity index (χ2n) is 5.80. The van der Waals surface area contributed by atoms with E-state index in [0.29, 0.717) is 11.7 Å². The van der Waals surface area contributed by atoms with Crippen LogP contribution >= 0.6 is 12.2 Å². The highest BCUT2D eigenvalue weighted by Gasteiger charge is 2.33. The maximum Gasteiger partial charge on any atom is 0.241 e. The van der Waals surface area contributed by atoms with Crippen LogP contribution in [0.2, 0.25) is 0 Å². The molecule has 124 valence electrons. The fourth-order valence-corrected chi connectivity index (χ4v) is 3.30. The molecule has 1 amide bonds. The summed E-state index contributed by atoms with van der Waals surface area (Å²) in [5.74, 6) is -0.244.